The fourth-order valence-electron chi connectivity index (χ4n) is 8.55. The van der Waals surface area contributed by atoms with Gasteiger partial charge in [0.05, 0.1) is 0 Å². The van der Waals surface area contributed by atoms with E-state index < -0.39 is 17.9 Å². The van der Waals surface area contributed by atoms with E-state index >= 15 is 0 Å². The maximum absolute atomic E-state index is 11.6. The summed E-state index contributed by atoms with van der Waals surface area (Å²) in [6.07, 6.45) is 10.4. The lowest BCUT2D eigenvalue weighted by Crippen LogP contribution is -2.60. The summed E-state index contributed by atoms with van der Waals surface area (Å²) >= 11 is 0. The summed E-state index contributed by atoms with van der Waals surface area (Å²) in [6, 6.07) is 0.944. The zero-order chi connectivity index (χ0) is 42.3. The number of rotatable bonds is 0. The molecule has 3 N–H and O–H groups in total. The Labute approximate surface area is 314 Å². The topological polar surface area (TPSA) is 197 Å². The average Bonchev–Trinajstić information content (AvgIpc) is 2.84. The molecular formula is C39H72N4O9. The van der Waals surface area contributed by atoms with Crippen molar-refractivity contribution in [3.8, 4) is 6.07 Å². The third-order valence-corrected chi connectivity index (χ3v) is 9.40. The number of aliphatic carboxylic acids is 3. The van der Waals surface area contributed by atoms with E-state index in [1.165, 1.54) is 19.3 Å². The van der Waals surface area contributed by atoms with Crippen LogP contribution in [0.15, 0.2) is 0 Å². The molecule has 0 aromatic heterocycles. The predicted molar refractivity (Wildman–Crippen MR) is 203 cm³/mol. The van der Waals surface area contributed by atoms with Crippen molar-refractivity contribution in [2.24, 2.45) is 0 Å². The molecule has 0 atom stereocenters. The number of amides is 3. The summed E-state index contributed by atoms with van der Waals surface area (Å²) in [5.41, 5.74) is 0.212. The summed E-state index contributed by atoms with van der Waals surface area (Å²) in [4.78, 5) is 67.8. The van der Waals surface area contributed by atoms with Crippen LogP contribution >= 0.6 is 0 Å². The second-order valence-electron chi connectivity index (χ2n) is 17.5. The van der Waals surface area contributed by atoms with E-state index in [-0.39, 0.29) is 51.0 Å². The smallest absolute Gasteiger partial charge is 0.408 e. The molecule has 52 heavy (non-hydrogen) atoms. The number of carboxylic acids is 3. The van der Waals surface area contributed by atoms with Gasteiger partial charge in [0, 0.05) is 67.9 Å². The Kier molecular flexibility index (Phi) is 21.4. The van der Waals surface area contributed by atoms with E-state index in [9.17, 15) is 14.4 Å². The molecule has 3 aliphatic rings. The molecule has 13 nitrogen and oxygen atoms in total. The lowest BCUT2D eigenvalue weighted by molar-refractivity contribution is -0.147. The van der Waals surface area contributed by atoms with Gasteiger partial charge in [-0.3, -0.25) is 24.0 Å². The van der Waals surface area contributed by atoms with Crippen LogP contribution in [0.4, 0.5) is 0 Å². The Bertz CT molecular complexity index is 1080. The van der Waals surface area contributed by atoms with Crippen LogP contribution in [0.2, 0.25) is 0 Å². The quantitative estimate of drug-likeness (QED) is 0.165. The van der Waals surface area contributed by atoms with Gasteiger partial charge in [0.25, 0.3) is 11.9 Å². The number of carboxylic acid groups (broad SMARTS) is 3. The maximum Gasteiger partial charge on any atom is 0.408 e. The van der Waals surface area contributed by atoms with Crippen molar-refractivity contribution in [3.05, 3.63) is 0 Å². The second kappa shape index (κ2) is 21.1. The van der Waals surface area contributed by atoms with Crippen LogP contribution in [-0.4, -0.2) is 98.9 Å². The first-order valence-corrected chi connectivity index (χ1v) is 18.0. The molecular weight excluding hydrogens is 668 g/mol. The van der Waals surface area contributed by atoms with E-state index in [1.807, 2.05) is 14.7 Å². The molecule has 3 amide bonds. The van der Waals surface area contributed by atoms with Gasteiger partial charge in [0.15, 0.2) is 6.07 Å². The number of nitrogens with zero attached hydrogens (tertiary/aromatic N) is 4. The van der Waals surface area contributed by atoms with Gasteiger partial charge in [-0.1, -0.05) is 0 Å². The molecule has 302 valence electrons. The molecule has 0 radical (unpaired) electrons. The van der Waals surface area contributed by atoms with Gasteiger partial charge in [0.2, 0.25) is 17.7 Å². The first-order valence-electron chi connectivity index (χ1n) is 18.0. The highest BCUT2D eigenvalue weighted by Crippen LogP contribution is 2.40. The zero-order valence-corrected chi connectivity index (χ0v) is 35.4. The summed E-state index contributed by atoms with van der Waals surface area (Å²) in [5, 5.41) is 29.5. The molecule has 3 heterocycles. The van der Waals surface area contributed by atoms with Crippen molar-refractivity contribution in [3.63, 3.8) is 0 Å². The fourth-order valence-corrected chi connectivity index (χ4v) is 8.55. The number of carbonyl (C=O) groups excluding carboxylic acids is 3. The predicted octanol–water partition coefficient (Wildman–Crippen LogP) is 7.50. The molecule has 0 saturated carbocycles. The van der Waals surface area contributed by atoms with E-state index in [0.29, 0.717) is 0 Å². The molecule has 3 aliphatic heterocycles. The van der Waals surface area contributed by atoms with E-state index in [1.54, 1.807) is 20.8 Å². The number of likely N-dealkylation sites (tertiary alicyclic amines) is 3. The van der Waals surface area contributed by atoms with Crippen LogP contribution in [0.5, 0.6) is 0 Å². The van der Waals surface area contributed by atoms with Crippen LogP contribution in [0.1, 0.15) is 175 Å². The zero-order valence-electron chi connectivity index (χ0n) is 35.4. The summed E-state index contributed by atoms with van der Waals surface area (Å²) in [5.74, 6) is -2.50. The van der Waals surface area contributed by atoms with Crippen molar-refractivity contribution in [2.75, 3.05) is 0 Å². The minimum absolute atomic E-state index is 0.0353. The largest absolute Gasteiger partial charge is 0.481 e. The van der Waals surface area contributed by atoms with Crippen LogP contribution in [-0.2, 0) is 28.8 Å². The number of nitriles is 1. The number of hydrogen-bond donors (Lipinski definition) is 3. The Morgan fingerprint density at radius 3 is 0.596 bits per heavy atom. The van der Waals surface area contributed by atoms with Gasteiger partial charge in [-0.2, -0.15) is 5.26 Å². The van der Waals surface area contributed by atoms with Crippen molar-refractivity contribution >= 4 is 35.6 Å². The highest BCUT2D eigenvalue weighted by atomic mass is 16.4. The fraction of sp³-hybridized carbons (Fsp3) is 0.821. The Balaban J connectivity index is -0.000000593. The van der Waals surface area contributed by atoms with Crippen LogP contribution in [0.25, 0.3) is 0 Å². The average molecular weight is 741 g/mol. The third kappa shape index (κ3) is 19.2. The van der Waals surface area contributed by atoms with Gasteiger partial charge in [-0.15, -0.1) is 0 Å². The Morgan fingerprint density at radius 1 is 0.423 bits per heavy atom. The first-order chi connectivity index (χ1) is 23.1. The minimum Gasteiger partial charge on any atom is -0.481 e. The SMILES string of the molecule is CC(=O)N1C(C)(C)CCCC1(C)C.CC(=O)N1C(C)(C)CCCC1(C)C.CC(=O)N1C(C)(C)CCCC1(C)C.CC(=O)O.CC(=O)O.N#CC(=O)O. The van der Waals surface area contributed by atoms with Crippen LogP contribution < -0.4 is 0 Å². The van der Waals surface area contributed by atoms with Crippen LogP contribution in [0, 0.1) is 11.3 Å². The molecule has 0 unspecified atom stereocenters. The van der Waals surface area contributed by atoms with E-state index in [2.05, 4.69) is 83.1 Å². The summed E-state index contributed by atoms with van der Waals surface area (Å²) in [7, 11) is 0. The highest BCUT2D eigenvalue weighted by molar-refractivity contribution is 5.83. The molecule has 0 aromatic rings. The lowest BCUT2D eigenvalue weighted by atomic mass is 9.80. The van der Waals surface area contributed by atoms with Crippen molar-refractivity contribution in [1.29, 1.82) is 5.26 Å². The Morgan fingerprint density at radius 2 is 0.538 bits per heavy atom. The van der Waals surface area contributed by atoms with Gasteiger partial charge < -0.3 is 30.0 Å². The molecule has 0 bridgehead atoms. The summed E-state index contributed by atoms with van der Waals surface area (Å²) < 4.78 is 0. The number of carbonyl (C=O) groups is 6. The molecule has 0 aliphatic carbocycles. The van der Waals surface area contributed by atoms with E-state index in [0.717, 1.165) is 58.4 Å². The van der Waals surface area contributed by atoms with Crippen molar-refractivity contribution in [2.45, 2.75) is 209 Å². The normalized spacial score (nSPS) is 20.8. The van der Waals surface area contributed by atoms with E-state index in [4.69, 9.17) is 35.0 Å². The molecule has 0 spiro atoms. The molecule has 3 fully saturated rings. The van der Waals surface area contributed by atoms with Gasteiger partial charge in [0.1, 0.15) is 0 Å². The first kappa shape index (κ1) is 52.7. The monoisotopic (exact) mass is 741 g/mol. The summed E-state index contributed by atoms with van der Waals surface area (Å²) in [6.45, 7) is 33.1. The maximum atomic E-state index is 11.6. The Hall–Kier alpha value is -3.69. The third-order valence-electron chi connectivity index (χ3n) is 9.40. The van der Waals surface area contributed by atoms with Gasteiger partial charge in [-0.25, -0.2) is 4.79 Å². The van der Waals surface area contributed by atoms with Gasteiger partial charge in [-0.05, 0) is 141 Å². The van der Waals surface area contributed by atoms with Crippen molar-refractivity contribution in [1.82, 2.24) is 14.7 Å². The minimum atomic E-state index is -1.44. The molecule has 0 aromatic carbocycles. The molecule has 13 heteroatoms. The van der Waals surface area contributed by atoms with Gasteiger partial charge >= 0.3 is 5.97 Å². The number of piperidine rings is 3. The number of hydrogen-bond acceptors (Lipinski definition) is 7. The molecule has 3 saturated heterocycles. The van der Waals surface area contributed by atoms with Crippen LogP contribution in [0.3, 0.4) is 0 Å². The second-order valence-corrected chi connectivity index (χ2v) is 17.5. The molecule has 3 rings (SSSR count). The lowest BCUT2D eigenvalue weighted by Gasteiger charge is -2.52. The van der Waals surface area contributed by atoms with Crippen molar-refractivity contribution < 1.29 is 44.1 Å². The standard InChI is InChI=1S/3C11H21NO.C2HNO2.2C2H4O2/c3*1-9(13)12-10(2,3)7-6-8-11(12,4)5;3-1-2(4)5;2*1-2(3)4/h3*6-8H2,1-5H3;(H,4,5);2*1H3,(H,3,4). The highest BCUT2D eigenvalue weighted by Gasteiger charge is 2.44.